The van der Waals surface area contributed by atoms with Gasteiger partial charge in [-0.1, -0.05) is 0 Å². The molecule has 3 N–H and O–H groups in total. The molecule has 0 saturated carbocycles. The van der Waals surface area contributed by atoms with Crippen LogP contribution in [0.1, 0.15) is 0 Å². The average Bonchev–Trinajstić information content (AvgIpc) is 2.30. The van der Waals surface area contributed by atoms with Gasteiger partial charge in [-0.2, -0.15) is 0 Å². The molecule has 0 unspecified atom stereocenters. The lowest BCUT2D eigenvalue weighted by atomic mass is 10.6. The molecule has 1 aromatic heterocycles. The molecule has 0 aliphatic carbocycles. The lowest BCUT2D eigenvalue weighted by Gasteiger charge is -1.88. The highest BCUT2D eigenvalue weighted by Gasteiger charge is 2.16. The van der Waals surface area contributed by atoms with Crippen LogP contribution in [0.2, 0.25) is 0 Å². The molecule has 0 saturated heterocycles. The summed E-state index contributed by atoms with van der Waals surface area (Å²) in [6, 6.07) is 2.06. The van der Waals surface area contributed by atoms with E-state index in [1.807, 2.05) is 4.98 Å². The Morgan fingerprint density at radius 1 is 1.50 bits per heavy atom. The first kappa shape index (κ1) is 8.68. The minimum atomic E-state index is -3.88. The number of primary sulfonamides is 1. The highest BCUT2D eigenvalue weighted by molar-refractivity contribution is 7.89. The van der Waals surface area contributed by atoms with Crippen molar-refractivity contribution < 1.29 is 13.3 Å². The number of hydrogen-bond acceptors (Lipinski definition) is 4. The zero-order valence-electron chi connectivity index (χ0n) is 5.72. The van der Waals surface area contributed by atoms with Crippen molar-refractivity contribution >= 4 is 15.8 Å². The molecule has 7 nitrogen and oxygen atoms in total. The third-order valence-corrected chi connectivity index (χ3v) is 2.00. The molecule has 0 aromatic carbocycles. The second-order valence-corrected chi connectivity index (χ2v) is 3.54. The number of nitrogens with two attached hydrogens (primary N) is 1. The largest absolute Gasteiger partial charge is 0.358 e. The first-order valence-electron chi connectivity index (χ1n) is 2.77. The smallest absolute Gasteiger partial charge is 0.321 e. The minimum absolute atomic E-state index is 0.366. The Morgan fingerprint density at radius 2 is 2.08 bits per heavy atom. The van der Waals surface area contributed by atoms with Crippen molar-refractivity contribution in [1.82, 2.24) is 4.98 Å². The molecule has 0 bridgehead atoms. The summed E-state index contributed by atoms with van der Waals surface area (Å²) >= 11 is 0. The van der Waals surface area contributed by atoms with Gasteiger partial charge >= 0.3 is 5.82 Å². The van der Waals surface area contributed by atoms with Gasteiger partial charge in [0.25, 0.3) is 10.0 Å². The van der Waals surface area contributed by atoms with E-state index in [4.69, 9.17) is 0 Å². The Morgan fingerprint density at radius 3 is 2.33 bits per heavy atom. The second-order valence-electron chi connectivity index (χ2n) is 2.01. The quantitative estimate of drug-likeness (QED) is 0.486. The third-order valence-electron chi connectivity index (χ3n) is 1.15. The topological polar surface area (TPSA) is 119 Å². The lowest BCUT2D eigenvalue weighted by molar-refractivity contribution is -0.389. The Balaban J connectivity index is 3.17. The summed E-state index contributed by atoms with van der Waals surface area (Å²) in [7, 11) is -3.88. The number of aromatic nitrogens is 1. The fraction of sp³-hybridized carbons (Fsp3) is 0. The van der Waals surface area contributed by atoms with E-state index in [-0.39, 0.29) is 5.03 Å². The Hall–Kier alpha value is -1.41. The summed E-state index contributed by atoms with van der Waals surface area (Å²) in [5, 5.41) is 14.4. The summed E-state index contributed by atoms with van der Waals surface area (Å²) in [6.45, 7) is 0. The van der Waals surface area contributed by atoms with Crippen LogP contribution in [0.15, 0.2) is 17.2 Å². The maximum Gasteiger partial charge on any atom is 0.321 e. The Labute approximate surface area is 67.4 Å². The standard InChI is InChI=1S/C4H5N3O4S/c5-12(10,11)4-2-1-3(6-4)7(8)9/h1-2,6H,(H2,5,10,11). The number of aromatic amines is 1. The highest BCUT2D eigenvalue weighted by atomic mass is 32.2. The van der Waals surface area contributed by atoms with Crippen LogP contribution in [-0.2, 0) is 10.0 Å². The molecular formula is C4H5N3O4S. The van der Waals surface area contributed by atoms with Gasteiger partial charge in [-0.15, -0.1) is 0 Å². The number of nitro groups is 1. The summed E-state index contributed by atoms with van der Waals surface area (Å²) in [6.07, 6.45) is 0. The van der Waals surface area contributed by atoms with Gasteiger partial charge in [-0.3, -0.25) is 0 Å². The van der Waals surface area contributed by atoms with E-state index < -0.39 is 20.8 Å². The predicted molar refractivity (Wildman–Crippen MR) is 38.8 cm³/mol. The van der Waals surface area contributed by atoms with Crippen LogP contribution in [0.3, 0.4) is 0 Å². The number of H-pyrrole nitrogens is 1. The summed E-state index contributed by atoms with van der Waals surface area (Å²) in [4.78, 5) is 11.4. The van der Waals surface area contributed by atoms with Crippen LogP contribution in [-0.4, -0.2) is 18.3 Å². The first-order chi connectivity index (χ1) is 5.41. The number of hydrogen-bond donors (Lipinski definition) is 2. The molecule has 0 aliphatic heterocycles. The average molecular weight is 191 g/mol. The molecule has 0 atom stereocenters. The van der Waals surface area contributed by atoms with E-state index in [9.17, 15) is 18.5 Å². The lowest BCUT2D eigenvalue weighted by Crippen LogP contribution is -2.12. The zero-order chi connectivity index (χ0) is 9.35. The van der Waals surface area contributed by atoms with E-state index in [0.717, 1.165) is 12.1 Å². The van der Waals surface area contributed by atoms with Crippen molar-refractivity contribution in [3.8, 4) is 0 Å². The van der Waals surface area contributed by atoms with Crippen molar-refractivity contribution in [2.24, 2.45) is 5.14 Å². The summed E-state index contributed by atoms with van der Waals surface area (Å²) in [5.74, 6) is -0.404. The first-order valence-corrected chi connectivity index (χ1v) is 4.32. The molecule has 0 aliphatic rings. The fourth-order valence-corrected chi connectivity index (χ4v) is 1.14. The third kappa shape index (κ3) is 1.60. The molecule has 0 spiro atoms. The fourth-order valence-electron chi connectivity index (χ4n) is 0.637. The summed E-state index contributed by atoms with van der Waals surface area (Å²) < 4.78 is 21.2. The van der Waals surface area contributed by atoms with Gasteiger partial charge in [0.15, 0.2) is 0 Å². The molecule has 0 radical (unpaired) electrons. The van der Waals surface area contributed by atoms with Crippen LogP contribution in [0.25, 0.3) is 0 Å². The number of sulfonamides is 1. The second kappa shape index (κ2) is 2.57. The van der Waals surface area contributed by atoms with E-state index in [0.29, 0.717) is 0 Å². The van der Waals surface area contributed by atoms with Gasteiger partial charge in [0, 0.05) is 12.1 Å². The number of nitrogens with zero attached hydrogens (tertiary/aromatic N) is 1. The monoisotopic (exact) mass is 191 g/mol. The normalized spacial score (nSPS) is 11.4. The molecule has 1 rings (SSSR count). The van der Waals surface area contributed by atoms with Crippen LogP contribution in [0, 0.1) is 10.1 Å². The van der Waals surface area contributed by atoms with Gasteiger partial charge in [0.05, 0.1) is 0 Å². The molecule has 1 heterocycles. The summed E-state index contributed by atoms with van der Waals surface area (Å²) in [5.41, 5.74) is 0. The Kier molecular flexibility index (Phi) is 1.86. The highest BCUT2D eigenvalue weighted by Crippen LogP contribution is 2.12. The minimum Gasteiger partial charge on any atom is -0.358 e. The van der Waals surface area contributed by atoms with Crippen molar-refractivity contribution in [3.05, 3.63) is 22.2 Å². The molecule has 8 heteroatoms. The van der Waals surface area contributed by atoms with Crippen molar-refractivity contribution in [3.63, 3.8) is 0 Å². The zero-order valence-corrected chi connectivity index (χ0v) is 6.54. The predicted octanol–water partition coefficient (Wildman–Crippen LogP) is -0.430. The molecule has 12 heavy (non-hydrogen) atoms. The van der Waals surface area contributed by atoms with Crippen molar-refractivity contribution in [2.45, 2.75) is 5.03 Å². The van der Waals surface area contributed by atoms with Gasteiger partial charge in [-0.25, -0.2) is 18.5 Å². The SMILES string of the molecule is NS(=O)(=O)c1ccc([N+](=O)[O-])[nH]1. The van der Waals surface area contributed by atoms with Crippen LogP contribution >= 0.6 is 0 Å². The number of nitrogens with one attached hydrogen (secondary N) is 1. The van der Waals surface area contributed by atoms with Crippen LogP contribution < -0.4 is 5.14 Å². The van der Waals surface area contributed by atoms with Gasteiger partial charge in [0.1, 0.15) is 0 Å². The van der Waals surface area contributed by atoms with E-state index in [2.05, 4.69) is 5.14 Å². The van der Waals surface area contributed by atoms with E-state index in [1.165, 1.54) is 0 Å². The molecular weight excluding hydrogens is 186 g/mol. The number of rotatable bonds is 2. The van der Waals surface area contributed by atoms with Crippen LogP contribution in [0.5, 0.6) is 0 Å². The molecule has 0 amide bonds. The van der Waals surface area contributed by atoms with Crippen molar-refractivity contribution in [1.29, 1.82) is 0 Å². The van der Waals surface area contributed by atoms with E-state index >= 15 is 0 Å². The van der Waals surface area contributed by atoms with Gasteiger partial charge in [0.2, 0.25) is 5.03 Å². The van der Waals surface area contributed by atoms with Gasteiger partial charge < -0.3 is 10.1 Å². The molecule has 1 aromatic rings. The maximum atomic E-state index is 10.6. The van der Waals surface area contributed by atoms with Gasteiger partial charge in [-0.05, 0) is 4.92 Å². The van der Waals surface area contributed by atoms with Crippen molar-refractivity contribution in [2.75, 3.05) is 0 Å². The maximum absolute atomic E-state index is 10.6. The molecule has 66 valence electrons. The molecule has 0 fully saturated rings. The Bertz CT molecular complexity index is 406. The van der Waals surface area contributed by atoms with E-state index in [1.54, 1.807) is 0 Å². The van der Waals surface area contributed by atoms with Crippen LogP contribution in [0.4, 0.5) is 5.82 Å².